The highest BCUT2D eigenvalue weighted by Gasteiger charge is 2.06. The molecule has 0 saturated carbocycles. The Balaban J connectivity index is 2.51. The molecular weight excluding hydrogens is 268 g/mol. The van der Waals surface area contributed by atoms with E-state index in [9.17, 15) is 8.42 Å². The number of rotatable bonds is 7. The van der Waals surface area contributed by atoms with Crippen molar-refractivity contribution in [1.29, 1.82) is 0 Å². The zero-order valence-corrected chi connectivity index (χ0v) is 11.5. The Bertz CT molecular complexity index is 543. The first-order valence-electron chi connectivity index (χ1n) is 5.82. The van der Waals surface area contributed by atoms with Gasteiger partial charge in [-0.1, -0.05) is 12.1 Å². The van der Waals surface area contributed by atoms with Crippen LogP contribution in [0.25, 0.3) is 0 Å². The molecular formula is C11H18N4O3S. The van der Waals surface area contributed by atoms with E-state index in [0.29, 0.717) is 18.8 Å². The Morgan fingerprint density at radius 3 is 2.95 bits per heavy atom. The third-order valence-corrected chi connectivity index (χ3v) is 4.26. The molecule has 0 aliphatic heterocycles. The molecule has 0 unspecified atom stereocenters. The molecule has 0 atom stereocenters. The summed E-state index contributed by atoms with van der Waals surface area (Å²) in [5.74, 6) is 0.203. The zero-order valence-electron chi connectivity index (χ0n) is 10.7. The van der Waals surface area contributed by atoms with Crippen LogP contribution in [0.2, 0.25) is 0 Å². The van der Waals surface area contributed by atoms with E-state index in [1.54, 1.807) is 25.3 Å². The van der Waals surface area contributed by atoms with Crippen LogP contribution in [0.4, 0.5) is 0 Å². The lowest BCUT2D eigenvalue weighted by atomic mass is 10.2. The molecule has 8 heteroatoms. The topological polar surface area (TPSA) is 118 Å². The summed E-state index contributed by atoms with van der Waals surface area (Å²) >= 11 is 0. The number of amidine groups is 1. The predicted octanol–water partition coefficient (Wildman–Crippen LogP) is -0.300. The summed E-state index contributed by atoms with van der Waals surface area (Å²) < 4.78 is 22.6. The van der Waals surface area contributed by atoms with Gasteiger partial charge < -0.3 is 16.3 Å². The summed E-state index contributed by atoms with van der Waals surface area (Å²) in [5, 5.41) is 14.4. The lowest BCUT2D eigenvalue weighted by Crippen LogP contribution is -2.24. The van der Waals surface area contributed by atoms with E-state index in [1.807, 2.05) is 0 Å². The van der Waals surface area contributed by atoms with E-state index in [-0.39, 0.29) is 17.3 Å². The number of nitrogens with one attached hydrogen (secondary N) is 1. The summed E-state index contributed by atoms with van der Waals surface area (Å²) in [6, 6.07) is 3.45. The summed E-state index contributed by atoms with van der Waals surface area (Å²) in [7, 11) is -2.95. The number of pyridine rings is 1. The average molecular weight is 286 g/mol. The Kier molecular flexibility index (Phi) is 5.71. The number of hydrogen-bond donors (Lipinski definition) is 3. The Hall–Kier alpha value is -1.67. The van der Waals surface area contributed by atoms with Gasteiger partial charge in [-0.2, -0.15) is 0 Å². The molecule has 0 amide bonds. The predicted molar refractivity (Wildman–Crippen MR) is 72.8 cm³/mol. The summed E-state index contributed by atoms with van der Waals surface area (Å²) in [5.41, 5.74) is 6.69. The fourth-order valence-corrected chi connectivity index (χ4v) is 2.12. The maximum absolute atomic E-state index is 11.3. The molecule has 0 spiro atoms. The van der Waals surface area contributed by atoms with Crippen molar-refractivity contribution in [2.45, 2.75) is 13.5 Å². The summed E-state index contributed by atoms with van der Waals surface area (Å²) in [6.45, 7) is 2.51. The highest BCUT2D eigenvalue weighted by atomic mass is 32.2. The van der Waals surface area contributed by atoms with Gasteiger partial charge in [0.1, 0.15) is 5.69 Å². The Morgan fingerprint density at radius 1 is 1.58 bits per heavy atom. The van der Waals surface area contributed by atoms with Gasteiger partial charge in [0.15, 0.2) is 15.7 Å². The van der Waals surface area contributed by atoms with E-state index in [4.69, 9.17) is 10.9 Å². The largest absolute Gasteiger partial charge is 0.409 e. The molecule has 0 fully saturated rings. The van der Waals surface area contributed by atoms with Gasteiger partial charge in [-0.15, -0.1) is 0 Å². The minimum absolute atomic E-state index is 0.0598. The van der Waals surface area contributed by atoms with Crippen LogP contribution < -0.4 is 11.1 Å². The number of sulfone groups is 1. The average Bonchev–Trinajstić information content (AvgIpc) is 2.43. The molecule has 1 aromatic heterocycles. The highest BCUT2D eigenvalue weighted by Crippen LogP contribution is 2.01. The van der Waals surface area contributed by atoms with Gasteiger partial charge in [-0.3, -0.25) is 4.98 Å². The molecule has 0 aliphatic carbocycles. The smallest absolute Gasteiger partial charge is 0.188 e. The second-order valence-corrected chi connectivity index (χ2v) is 6.42. The maximum Gasteiger partial charge on any atom is 0.188 e. The molecule has 7 nitrogen and oxygen atoms in total. The lowest BCUT2D eigenvalue weighted by molar-refractivity contribution is 0.318. The number of aromatic nitrogens is 1. The maximum atomic E-state index is 11.3. The van der Waals surface area contributed by atoms with E-state index in [0.717, 1.165) is 5.56 Å². The lowest BCUT2D eigenvalue weighted by Gasteiger charge is -2.06. The minimum atomic E-state index is -2.95. The van der Waals surface area contributed by atoms with Gasteiger partial charge in [0, 0.05) is 25.0 Å². The van der Waals surface area contributed by atoms with Gasteiger partial charge >= 0.3 is 0 Å². The first-order valence-corrected chi connectivity index (χ1v) is 7.64. The fourth-order valence-electron chi connectivity index (χ4n) is 1.38. The zero-order chi connectivity index (χ0) is 14.3. The number of nitrogens with two attached hydrogens (primary N) is 1. The van der Waals surface area contributed by atoms with Crippen molar-refractivity contribution in [2.75, 3.05) is 18.1 Å². The molecule has 1 heterocycles. The first kappa shape index (κ1) is 15.4. The van der Waals surface area contributed by atoms with Crippen molar-refractivity contribution < 1.29 is 13.6 Å². The third-order valence-electron chi connectivity index (χ3n) is 2.55. The molecule has 0 aliphatic rings. The molecule has 0 saturated heterocycles. The van der Waals surface area contributed by atoms with E-state index in [1.165, 1.54) is 0 Å². The molecule has 0 radical (unpaired) electrons. The second-order valence-electron chi connectivity index (χ2n) is 3.95. The van der Waals surface area contributed by atoms with Crippen molar-refractivity contribution in [2.24, 2.45) is 10.9 Å². The Labute approximate surface area is 112 Å². The van der Waals surface area contributed by atoms with Crippen LogP contribution in [0.15, 0.2) is 23.5 Å². The molecule has 1 aromatic rings. The SMILES string of the molecule is CCS(=O)(=O)CCNCc1ccnc(/C(N)=N/O)c1. The highest BCUT2D eigenvalue weighted by molar-refractivity contribution is 7.91. The van der Waals surface area contributed by atoms with Gasteiger partial charge in [0.2, 0.25) is 0 Å². The minimum Gasteiger partial charge on any atom is -0.409 e. The van der Waals surface area contributed by atoms with Crippen LogP contribution in [0.5, 0.6) is 0 Å². The quantitative estimate of drug-likeness (QED) is 0.208. The number of nitrogens with zero attached hydrogens (tertiary/aromatic N) is 2. The van der Waals surface area contributed by atoms with Crippen LogP contribution in [0, 0.1) is 0 Å². The molecule has 106 valence electrons. The van der Waals surface area contributed by atoms with Crippen molar-refractivity contribution in [3.8, 4) is 0 Å². The van der Waals surface area contributed by atoms with E-state index >= 15 is 0 Å². The normalized spacial score (nSPS) is 12.6. The van der Waals surface area contributed by atoms with Crippen molar-refractivity contribution >= 4 is 15.7 Å². The first-order chi connectivity index (χ1) is 8.98. The van der Waals surface area contributed by atoms with E-state index < -0.39 is 9.84 Å². The van der Waals surface area contributed by atoms with Crippen LogP contribution in [-0.2, 0) is 16.4 Å². The van der Waals surface area contributed by atoms with Gasteiger partial charge in [-0.25, -0.2) is 8.42 Å². The van der Waals surface area contributed by atoms with Gasteiger partial charge in [-0.05, 0) is 17.7 Å². The molecule has 0 bridgehead atoms. The van der Waals surface area contributed by atoms with Crippen molar-refractivity contribution in [1.82, 2.24) is 10.3 Å². The van der Waals surface area contributed by atoms with E-state index in [2.05, 4.69) is 15.5 Å². The molecule has 19 heavy (non-hydrogen) atoms. The second kappa shape index (κ2) is 7.05. The van der Waals surface area contributed by atoms with Crippen LogP contribution in [0.1, 0.15) is 18.2 Å². The number of oxime groups is 1. The molecule has 1 rings (SSSR count). The Morgan fingerprint density at radius 2 is 2.32 bits per heavy atom. The van der Waals surface area contributed by atoms with Gasteiger partial charge in [0.25, 0.3) is 0 Å². The summed E-state index contributed by atoms with van der Waals surface area (Å²) in [6.07, 6.45) is 1.55. The van der Waals surface area contributed by atoms with Crippen LogP contribution in [0.3, 0.4) is 0 Å². The van der Waals surface area contributed by atoms with Crippen LogP contribution in [-0.4, -0.2) is 42.5 Å². The van der Waals surface area contributed by atoms with Crippen LogP contribution >= 0.6 is 0 Å². The van der Waals surface area contributed by atoms with Gasteiger partial charge in [0.05, 0.1) is 5.75 Å². The number of hydrogen-bond acceptors (Lipinski definition) is 6. The fraction of sp³-hybridized carbons (Fsp3) is 0.455. The van der Waals surface area contributed by atoms with Crippen molar-refractivity contribution in [3.63, 3.8) is 0 Å². The monoisotopic (exact) mass is 286 g/mol. The van der Waals surface area contributed by atoms with Crippen molar-refractivity contribution in [3.05, 3.63) is 29.6 Å². The third kappa shape index (κ3) is 5.23. The summed E-state index contributed by atoms with van der Waals surface area (Å²) in [4.78, 5) is 3.95. The standard InChI is InChI=1S/C11H18N4O3S/c1-2-19(17,18)6-5-13-8-9-3-4-14-10(7-9)11(12)15-16/h3-4,7,13,16H,2,5-6,8H2,1H3,(H2,12,15). The molecule has 0 aromatic carbocycles. The molecule has 4 N–H and O–H groups in total.